The molecule has 3 aromatic carbocycles. The van der Waals surface area contributed by atoms with Gasteiger partial charge in [-0.2, -0.15) is 0 Å². The topological polar surface area (TPSA) is 75.7 Å². The van der Waals surface area contributed by atoms with Crippen molar-refractivity contribution in [2.45, 2.75) is 70.4 Å². The summed E-state index contributed by atoms with van der Waals surface area (Å²) in [6, 6.07) is 19.7. The van der Waals surface area contributed by atoms with Crippen LogP contribution in [0.25, 0.3) is 0 Å². The molecule has 1 aliphatic rings. The number of rotatable bonds is 8. The number of carbonyl (C=O) groups excluding carboxylic acids is 1. The van der Waals surface area contributed by atoms with Gasteiger partial charge in [0, 0.05) is 12.0 Å². The lowest BCUT2D eigenvalue weighted by Gasteiger charge is -2.41. The minimum Gasteiger partial charge on any atom is -0.487 e. The van der Waals surface area contributed by atoms with E-state index >= 15 is 0 Å². The molecule has 1 aliphatic heterocycles. The maximum Gasteiger partial charge on any atom is 0.264 e. The fourth-order valence-electron chi connectivity index (χ4n) is 5.05. The Morgan fingerprint density at radius 2 is 1.57 bits per heavy atom. The molecule has 0 unspecified atom stereocenters. The quantitative estimate of drug-likeness (QED) is 0.395. The van der Waals surface area contributed by atoms with E-state index in [-0.39, 0.29) is 29.0 Å². The van der Waals surface area contributed by atoms with Crippen LogP contribution in [-0.4, -0.2) is 26.5 Å². The van der Waals surface area contributed by atoms with E-state index in [1.807, 2.05) is 51.1 Å². The lowest BCUT2D eigenvalue weighted by molar-refractivity contribution is -0.121. The van der Waals surface area contributed by atoms with Gasteiger partial charge in [-0.1, -0.05) is 55.8 Å². The minimum atomic E-state index is -3.99. The van der Waals surface area contributed by atoms with Crippen LogP contribution in [0.3, 0.4) is 0 Å². The monoisotopic (exact) mass is 520 g/mol. The predicted molar refractivity (Wildman–Crippen MR) is 148 cm³/mol. The first kappa shape index (κ1) is 26.7. The van der Waals surface area contributed by atoms with E-state index in [0.717, 1.165) is 40.8 Å². The van der Waals surface area contributed by atoms with Crippen LogP contribution in [0, 0.1) is 20.8 Å². The third-order valence-corrected chi connectivity index (χ3v) is 9.00. The highest BCUT2D eigenvalue weighted by Crippen LogP contribution is 2.42. The highest BCUT2D eigenvalue weighted by Gasteiger charge is 2.39. The Balaban J connectivity index is 1.68. The predicted octanol–water partition coefficient (Wildman–Crippen LogP) is 6.01. The number of aryl methyl sites for hydroxylation is 3. The van der Waals surface area contributed by atoms with E-state index in [4.69, 9.17) is 4.74 Å². The number of fused-ring (bicyclic) bond motifs is 1. The molecule has 0 aliphatic carbocycles. The first-order valence-electron chi connectivity index (χ1n) is 12.8. The van der Waals surface area contributed by atoms with Crippen molar-refractivity contribution >= 4 is 21.6 Å². The highest BCUT2D eigenvalue weighted by atomic mass is 32.2. The zero-order valence-corrected chi connectivity index (χ0v) is 23.1. The van der Waals surface area contributed by atoms with Crippen LogP contribution >= 0.6 is 0 Å². The molecular formula is C30H36N2O4S. The van der Waals surface area contributed by atoms with Crippen LogP contribution in [-0.2, 0) is 14.8 Å². The van der Waals surface area contributed by atoms with E-state index in [1.54, 1.807) is 36.4 Å². The molecule has 4 rings (SSSR count). The van der Waals surface area contributed by atoms with Crippen molar-refractivity contribution in [1.82, 2.24) is 5.32 Å². The van der Waals surface area contributed by atoms with Gasteiger partial charge >= 0.3 is 0 Å². The zero-order valence-electron chi connectivity index (χ0n) is 22.2. The summed E-state index contributed by atoms with van der Waals surface area (Å²) in [6.07, 6.45) is 2.23. The molecule has 37 heavy (non-hydrogen) atoms. The molecule has 196 valence electrons. The van der Waals surface area contributed by atoms with Crippen LogP contribution in [0.1, 0.15) is 61.4 Å². The first-order chi connectivity index (χ1) is 17.6. The number of benzene rings is 3. The van der Waals surface area contributed by atoms with Gasteiger partial charge in [0.25, 0.3) is 10.0 Å². The van der Waals surface area contributed by atoms with Crippen LogP contribution in [0.5, 0.6) is 5.75 Å². The molecule has 0 aromatic heterocycles. The molecule has 1 N–H and O–H groups in total. The fourth-order valence-corrected chi connectivity index (χ4v) is 6.45. The summed E-state index contributed by atoms with van der Waals surface area (Å²) in [4.78, 5) is 13.7. The second-order valence-electron chi connectivity index (χ2n) is 10.0. The van der Waals surface area contributed by atoms with E-state index in [9.17, 15) is 13.2 Å². The van der Waals surface area contributed by atoms with Gasteiger partial charge in [-0.25, -0.2) is 8.42 Å². The van der Waals surface area contributed by atoms with Gasteiger partial charge in [-0.3, -0.25) is 9.10 Å². The molecule has 1 heterocycles. The van der Waals surface area contributed by atoms with Gasteiger partial charge in [-0.05, 0) is 75.1 Å². The number of ether oxygens (including phenoxy) is 1. The largest absolute Gasteiger partial charge is 0.487 e. The number of nitrogens with one attached hydrogen (secondary N) is 1. The van der Waals surface area contributed by atoms with Crippen molar-refractivity contribution in [3.63, 3.8) is 0 Å². The Morgan fingerprint density at radius 1 is 0.946 bits per heavy atom. The SMILES string of the molecule is CCC1(CC)C[C@H](NC(=O)CN(c2cc(C)cc(C)c2)S(=O)(=O)c2ccc(C)cc2)c2ccccc2O1. The third-order valence-electron chi connectivity index (χ3n) is 7.21. The Bertz CT molecular complexity index is 1360. The van der Waals surface area contributed by atoms with Crippen molar-refractivity contribution in [2.24, 2.45) is 0 Å². The number of hydrogen-bond acceptors (Lipinski definition) is 4. The van der Waals surface area contributed by atoms with Crippen molar-refractivity contribution in [3.05, 3.63) is 89.0 Å². The summed E-state index contributed by atoms with van der Waals surface area (Å²) < 4.78 is 35.2. The number of nitrogens with zero attached hydrogens (tertiary/aromatic N) is 1. The molecule has 0 fully saturated rings. The number of sulfonamides is 1. The number of amides is 1. The summed E-state index contributed by atoms with van der Waals surface area (Å²) in [6.45, 7) is 9.59. The van der Waals surface area contributed by atoms with Gasteiger partial charge in [0.15, 0.2) is 0 Å². The molecule has 3 aromatic rings. The smallest absolute Gasteiger partial charge is 0.264 e. The van der Waals surface area contributed by atoms with Gasteiger partial charge in [0.1, 0.15) is 17.9 Å². The van der Waals surface area contributed by atoms with Crippen molar-refractivity contribution in [2.75, 3.05) is 10.8 Å². The second-order valence-corrected chi connectivity index (χ2v) is 11.9. The average Bonchev–Trinajstić information content (AvgIpc) is 2.86. The summed E-state index contributed by atoms with van der Waals surface area (Å²) in [7, 11) is -3.99. The van der Waals surface area contributed by atoms with Gasteiger partial charge < -0.3 is 10.1 Å². The Hall–Kier alpha value is -3.32. The first-order valence-corrected chi connectivity index (χ1v) is 14.3. The lowest BCUT2D eigenvalue weighted by Crippen LogP contribution is -2.47. The maximum atomic E-state index is 13.8. The van der Waals surface area contributed by atoms with Crippen molar-refractivity contribution < 1.29 is 17.9 Å². The summed E-state index contributed by atoms with van der Waals surface area (Å²) in [5, 5.41) is 3.14. The zero-order chi connectivity index (χ0) is 26.8. The minimum absolute atomic E-state index is 0.150. The van der Waals surface area contributed by atoms with Gasteiger partial charge in [0.2, 0.25) is 5.91 Å². The lowest BCUT2D eigenvalue weighted by atomic mass is 9.83. The van der Waals surface area contributed by atoms with Gasteiger partial charge in [-0.15, -0.1) is 0 Å². The van der Waals surface area contributed by atoms with Crippen molar-refractivity contribution in [1.29, 1.82) is 0 Å². The molecule has 0 radical (unpaired) electrons. The van der Waals surface area contributed by atoms with E-state index in [0.29, 0.717) is 12.1 Å². The molecule has 7 heteroatoms. The standard InChI is InChI=1S/C30H36N2O4S/c1-6-30(7-2)19-27(26-10-8-9-11-28(26)36-30)31-29(33)20-32(24-17-22(4)16-23(5)18-24)37(34,35)25-14-12-21(3)13-15-25/h8-18,27H,6-7,19-20H2,1-5H3,(H,31,33)/t27-/m0/s1. The highest BCUT2D eigenvalue weighted by molar-refractivity contribution is 7.92. The van der Waals surface area contributed by atoms with Crippen LogP contribution in [0.2, 0.25) is 0 Å². The number of anilines is 1. The fraction of sp³-hybridized carbons (Fsp3) is 0.367. The normalized spacial score (nSPS) is 16.4. The summed E-state index contributed by atoms with van der Waals surface area (Å²) in [5.74, 6) is 0.402. The van der Waals surface area contributed by atoms with E-state index in [2.05, 4.69) is 19.2 Å². The summed E-state index contributed by atoms with van der Waals surface area (Å²) in [5.41, 5.74) is 3.81. The number of hydrogen-bond donors (Lipinski definition) is 1. The van der Waals surface area contributed by atoms with Crippen molar-refractivity contribution in [3.8, 4) is 5.75 Å². The third kappa shape index (κ3) is 5.67. The maximum absolute atomic E-state index is 13.8. The van der Waals surface area contributed by atoms with E-state index < -0.39 is 10.0 Å². The van der Waals surface area contributed by atoms with Crippen LogP contribution in [0.15, 0.2) is 71.6 Å². The Kier molecular flexibility index (Phi) is 7.64. The second kappa shape index (κ2) is 10.6. The molecule has 0 bridgehead atoms. The summed E-state index contributed by atoms with van der Waals surface area (Å²) >= 11 is 0. The molecule has 1 atom stereocenters. The Labute approximate surface area is 220 Å². The average molecular weight is 521 g/mol. The van der Waals surface area contributed by atoms with E-state index in [1.165, 1.54) is 4.31 Å². The molecule has 0 spiro atoms. The number of para-hydroxylation sites is 1. The van der Waals surface area contributed by atoms with Gasteiger partial charge in [0.05, 0.1) is 16.6 Å². The molecule has 6 nitrogen and oxygen atoms in total. The number of carbonyl (C=O) groups is 1. The van der Waals surface area contributed by atoms with Crippen LogP contribution < -0.4 is 14.4 Å². The molecular weight excluding hydrogens is 484 g/mol. The van der Waals surface area contributed by atoms with Crippen LogP contribution in [0.4, 0.5) is 5.69 Å². The molecule has 0 saturated heterocycles. The molecule has 1 amide bonds. The molecule has 0 saturated carbocycles. The Morgan fingerprint density at radius 3 is 2.19 bits per heavy atom.